The number of anilines is 1. The average molecular weight is 342 g/mol. The van der Waals surface area contributed by atoms with Crippen molar-refractivity contribution >= 4 is 11.6 Å². The molecular formula is C20H26N2O3. The van der Waals surface area contributed by atoms with Crippen LogP contribution in [0.5, 0.6) is 5.88 Å². The van der Waals surface area contributed by atoms with Crippen molar-refractivity contribution in [1.29, 1.82) is 0 Å². The van der Waals surface area contributed by atoms with Crippen LogP contribution in [0.15, 0.2) is 42.6 Å². The molecule has 134 valence electrons. The van der Waals surface area contributed by atoms with Gasteiger partial charge in [0.05, 0.1) is 17.8 Å². The molecule has 25 heavy (non-hydrogen) atoms. The summed E-state index contributed by atoms with van der Waals surface area (Å²) in [6.45, 7) is 8.95. The third kappa shape index (κ3) is 6.19. The lowest BCUT2D eigenvalue weighted by Gasteiger charge is -2.19. The number of hydrogen-bond donors (Lipinski definition) is 1. The number of carbonyl (C=O) groups is 1. The number of benzene rings is 1. The highest BCUT2D eigenvalue weighted by Gasteiger charge is 2.11. The lowest BCUT2D eigenvalue weighted by molar-refractivity contribution is -0.0168. The van der Waals surface area contributed by atoms with Crippen LogP contribution in [0.3, 0.4) is 0 Å². The number of rotatable bonds is 7. The summed E-state index contributed by atoms with van der Waals surface area (Å²) >= 11 is 0. The lowest BCUT2D eigenvalue weighted by Crippen LogP contribution is -2.22. The second kappa shape index (κ2) is 8.62. The average Bonchev–Trinajstić information content (AvgIpc) is 2.59. The van der Waals surface area contributed by atoms with E-state index in [2.05, 4.69) is 17.2 Å². The minimum Gasteiger partial charge on any atom is -0.475 e. The Morgan fingerprint density at radius 3 is 2.52 bits per heavy atom. The number of para-hydroxylation sites is 1. The Morgan fingerprint density at radius 1 is 1.12 bits per heavy atom. The maximum atomic E-state index is 12.4. The first-order valence-corrected chi connectivity index (χ1v) is 8.51. The first-order chi connectivity index (χ1) is 11.9. The van der Waals surface area contributed by atoms with Crippen molar-refractivity contribution in [2.75, 3.05) is 18.5 Å². The van der Waals surface area contributed by atoms with E-state index < -0.39 is 0 Å². The van der Waals surface area contributed by atoms with Gasteiger partial charge in [-0.25, -0.2) is 4.98 Å². The van der Waals surface area contributed by atoms with Gasteiger partial charge < -0.3 is 14.8 Å². The zero-order chi connectivity index (χ0) is 18.3. The molecular weight excluding hydrogens is 316 g/mol. The fourth-order valence-corrected chi connectivity index (χ4v) is 2.24. The molecule has 5 heteroatoms. The van der Waals surface area contributed by atoms with E-state index >= 15 is 0 Å². The summed E-state index contributed by atoms with van der Waals surface area (Å²) in [4.78, 5) is 16.5. The molecule has 0 atom stereocenters. The highest BCUT2D eigenvalue weighted by atomic mass is 16.5. The number of hydrogen-bond acceptors (Lipinski definition) is 4. The molecule has 0 radical (unpaired) electrons. The van der Waals surface area contributed by atoms with Gasteiger partial charge in [0, 0.05) is 18.0 Å². The van der Waals surface area contributed by atoms with Crippen molar-refractivity contribution in [3.63, 3.8) is 0 Å². The Labute approximate surface area is 149 Å². The van der Waals surface area contributed by atoms with Gasteiger partial charge in [0.2, 0.25) is 5.88 Å². The maximum absolute atomic E-state index is 12.4. The van der Waals surface area contributed by atoms with Crippen molar-refractivity contribution in [3.8, 4) is 5.88 Å². The first-order valence-electron chi connectivity index (χ1n) is 8.51. The lowest BCUT2D eigenvalue weighted by atomic mass is 10.1. The number of nitrogens with zero attached hydrogens (tertiary/aromatic N) is 1. The number of nitrogens with one attached hydrogen (secondary N) is 1. The van der Waals surface area contributed by atoms with Gasteiger partial charge in [-0.15, -0.1) is 0 Å². The van der Waals surface area contributed by atoms with Gasteiger partial charge in [-0.1, -0.05) is 25.1 Å². The van der Waals surface area contributed by atoms with Crippen molar-refractivity contribution in [1.82, 2.24) is 4.98 Å². The first kappa shape index (κ1) is 18.9. The summed E-state index contributed by atoms with van der Waals surface area (Å²) in [6.07, 6.45) is 2.38. The van der Waals surface area contributed by atoms with E-state index in [9.17, 15) is 4.79 Å². The minimum atomic E-state index is -0.187. The van der Waals surface area contributed by atoms with Gasteiger partial charge in [0.1, 0.15) is 6.61 Å². The minimum absolute atomic E-state index is 0.184. The molecule has 0 spiro atoms. The molecule has 2 rings (SSSR count). The standard InChI is InChI=1S/C20H26N2O3/c1-5-15-8-6-7-9-17(15)22-19(23)16-10-11-18(21-14-16)24-12-13-25-20(2,3)4/h6-11,14H,5,12-13H2,1-4H3,(H,22,23). The predicted octanol–water partition coefficient (Wildman–Crippen LogP) is 4.09. The van der Waals surface area contributed by atoms with E-state index in [1.54, 1.807) is 12.1 Å². The van der Waals surface area contributed by atoms with Crippen LogP contribution < -0.4 is 10.1 Å². The summed E-state index contributed by atoms with van der Waals surface area (Å²) in [7, 11) is 0. The summed E-state index contributed by atoms with van der Waals surface area (Å²) in [5.74, 6) is 0.291. The summed E-state index contributed by atoms with van der Waals surface area (Å²) in [5, 5.41) is 2.93. The predicted molar refractivity (Wildman–Crippen MR) is 99.2 cm³/mol. The molecule has 1 amide bonds. The zero-order valence-electron chi connectivity index (χ0n) is 15.3. The fourth-order valence-electron chi connectivity index (χ4n) is 2.24. The molecule has 0 aliphatic heterocycles. The number of aryl methyl sites for hydroxylation is 1. The van der Waals surface area contributed by atoms with Crippen molar-refractivity contribution in [2.24, 2.45) is 0 Å². The van der Waals surface area contributed by atoms with E-state index in [-0.39, 0.29) is 11.5 Å². The monoisotopic (exact) mass is 342 g/mol. The number of carbonyl (C=O) groups excluding carboxylic acids is 1. The molecule has 5 nitrogen and oxygen atoms in total. The normalized spacial score (nSPS) is 11.2. The highest BCUT2D eigenvalue weighted by molar-refractivity contribution is 6.04. The van der Waals surface area contributed by atoms with Gasteiger partial charge in [-0.05, 0) is 44.9 Å². The van der Waals surface area contributed by atoms with E-state index in [1.165, 1.54) is 6.20 Å². The third-order valence-electron chi connectivity index (χ3n) is 3.51. The van der Waals surface area contributed by atoms with Crippen molar-refractivity contribution < 1.29 is 14.3 Å². The van der Waals surface area contributed by atoms with Crippen molar-refractivity contribution in [3.05, 3.63) is 53.7 Å². The van der Waals surface area contributed by atoms with Crippen LogP contribution in [0.4, 0.5) is 5.69 Å². The Balaban J connectivity index is 1.89. The number of amides is 1. The molecule has 2 aromatic rings. The second-order valence-electron chi connectivity index (χ2n) is 6.66. The molecule has 0 unspecified atom stereocenters. The van der Waals surface area contributed by atoms with E-state index in [0.29, 0.717) is 24.7 Å². The Hall–Kier alpha value is -2.40. The quantitative estimate of drug-likeness (QED) is 0.770. The van der Waals surface area contributed by atoms with Crippen LogP contribution in [-0.2, 0) is 11.2 Å². The van der Waals surface area contributed by atoms with Crippen LogP contribution >= 0.6 is 0 Å². The Bertz CT molecular complexity index is 691. The molecule has 1 aromatic heterocycles. The molecule has 0 aliphatic carbocycles. The topological polar surface area (TPSA) is 60.5 Å². The molecule has 0 saturated heterocycles. The van der Waals surface area contributed by atoms with Crippen LogP contribution in [0.1, 0.15) is 43.6 Å². The van der Waals surface area contributed by atoms with Gasteiger partial charge in [-0.2, -0.15) is 0 Å². The van der Waals surface area contributed by atoms with Crippen molar-refractivity contribution in [2.45, 2.75) is 39.7 Å². The fraction of sp³-hybridized carbons (Fsp3) is 0.400. The Morgan fingerprint density at radius 2 is 1.88 bits per heavy atom. The highest BCUT2D eigenvalue weighted by Crippen LogP contribution is 2.17. The largest absolute Gasteiger partial charge is 0.475 e. The zero-order valence-corrected chi connectivity index (χ0v) is 15.3. The Kier molecular flexibility index (Phi) is 6.53. The molecule has 1 aromatic carbocycles. The third-order valence-corrected chi connectivity index (χ3v) is 3.51. The van der Waals surface area contributed by atoms with Crippen LogP contribution in [0, 0.1) is 0 Å². The van der Waals surface area contributed by atoms with Gasteiger partial charge in [-0.3, -0.25) is 4.79 Å². The number of aromatic nitrogens is 1. The second-order valence-corrected chi connectivity index (χ2v) is 6.66. The number of ether oxygens (including phenoxy) is 2. The molecule has 0 aliphatic rings. The van der Waals surface area contributed by atoms with Gasteiger partial charge in [0.25, 0.3) is 5.91 Å². The molecule has 0 saturated carbocycles. The summed E-state index contributed by atoms with van der Waals surface area (Å²) in [6, 6.07) is 11.2. The van der Waals surface area contributed by atoms with Crippen LogP contribution in [0.2, 0.25) is 0 Å². The molecule has 0 bridgehead atoms. The SMILES string of the molecule is CCc1ccccc1NC(=O)c1ccc(OCCOC(C)(C)C)nc1. The molecule has 0 fully saturated rings. The van der Waals surface area contributed by atoms with E-state index in [0.717, 1.165) is 17.7 Å². The van der Waals surface area contributed by atoms with E-state index in [4.69, 9.17) is 9.47 Å². The summed E-state index contributed by atoms with van der Waals surface area (Å²) < 4.78 is 11.1. The summed E-state index contributed by atoms with van der Waals surface area (Å²) in [5.41, 5.74) is 2.23. The van der Waals surface area contributed by atoms with E-state index in [1.807, 2.05) is 45.0 Å². The van der Waals surface area contributed by atoms with Gasteiger partial charge >= 0.3 is 0 Å². The molecule has 1 N–H and O–H groups in total. The van der Waals surface area contributed by atoms with Gasteiger partial charge in [0.15, 0.2) is 0 Å². The number of pyridine rings is 1. The smallest absolute Gasteiger partial charge is 0.257 e. The van der Waals surface area contributed by atoms with Crippen LogP contribution in [0.25, 0.3) is 0 Å². The molecule has 1 heterocycles. The van der Waals surface area contributed by atoms with Crippen LogP contribution in [-0.4, -0.2) is 29.7 Å². The maximum Gasteiger partial charge on any atom is 0.257 e.